The fourth-order valence-electron chi connectivity index (χ4n) is 2.72. The number of rotatable bonds is 8. The van der Waals surface area contributed by atoms with Crippen molar-refractivity contribution in [2.45, 2.75) is 37.5 Å². The van der Waals surface area contributed by atoms with E-state index in [1.165, 1.54) is 31.4 Å². The van der Waals surface area contributed by atoms with Crippen LogP contribution in [0.4, 0.5) is 4.39 Å². The quantitative estimate of drug-likeness (QED) is 0.555. The van der Waals surface area contributed by atoms with Gasteiger partial charge in [0.2, 0.25) is 6.04 Å². The number of ether oxygens (including phenoxy) is 2. The molecule has 3 unspecified atom stereocenters. The van der Waals surface area contributed by atoms with Crippen LogP contribution in [0.15, 0.2) is 34.6 Å². The summed E-state index contributed by atoms with van der Waals surface area (Å²) in [6, 6.07) is 3.70. The van der Waals surface area contributed by atoms with E-state index in [1.807, 2.05) is 0 Å². The molecule has 0 saturated heterocycles. The summed E-state index contributed by atoms with van der Waals surface area (Å²) in [5.41, 5.74) is 0.644. The lowest BCUT2D eigenvalue weighted by Crippen LogP contribution is -2.46. The van der Waals surface area contributed by atoms with Crippen molar-refractivity contribution in [3.05, 3.63) is 35.6 Å². The number of unbranched alkanes of at least 4 members (excludes halogenated alkanes) is 1. The fraction of sp³-hybridized carbons (Fsp3) is 0.529. The van der Waals surface area contributed by atoms with E-state index in [-0.39, 0.29) is 5.82 Å². The van der Waals surface area contributed by atoms with Gasteiger partial charge in [0.15, 0.2) is 6.04 Å². The lowest BCUT2D eigenvalue weighted by atomic mass is 10.0. The van der Waals surface area contributed by atoms with E-state index >= 15 is 0 Å². The molecule has 0 amide bonds. The molecule has 0 fully saturated rings. The fourth-order valence-corrected chi connectivity index (χ4v) is 2.72. The number of benzene rings is 1. The SMILES string of the molecule is COC(=O)C1N=NN(CCCCC(O)c2ccc(F)cc2)C1C(=O)OC. The Morgan fingerprint density at radius 1 is 1.19 bits per heavy atom. The second-order valence-electron chi connectivity index (χ2n) is 5.87. The molecular formula is C17H22FN3O5. The predicted octanol–water partition coefficient (Wildman–Crippen LogP) is 1.80. The largest absolute Gasteiger partial charge is 0.467 e. The first-order chi connectivity index (χ1) is 12.5. The third-order valence-corrected chi connectivity index (χ3v) is 4.17. The molecule has 1 aromatic rings. The number of aliphatic hydroxyl groups is 1. The van der Waals surface area contributed by atoms with Gasteiger partial charge in [0.1, 0.15) is 5.82 Å². The van der Waals surface area contributed by atoms with Crippen molar-refractivity contribution in [3.8, 4) is 0 Å². The minimum absolute atomic E-state index is 0.352. The first-order valence-corrected chi connectivity index (χ1v) is 8.24. The Kier molecular flexibility index (Phi) is 7.02. The molecule has 1 aliphatic heterocycles. The molecule has 3 atom stereocenters. The minimum Gasteiger partial charge on any atom is -0.467 e. The molecule has 0 saturated carbocycles. The normalized spacial score (nSPS) is 20.1. The van der Waals surface area contributed by atoms with Crippen LogP contribution < -0.4 is 0 Å². The van der Waals surface area contributed by atoms with Crippen molar-refractivity contribution in [3.63, 3.8) is 0 Å². The maximum absolute atomic E-state index is 12.9. The molecule has 0 radical (unpaired) electrons. The molecule has 26 heavy (non-hydrogen) atoms. The Labute approximate surface area is 150 Å². The summed E-state index contributed by atoms with van der Waals surface area (Å²) >= 11 is 0. The van der Waals surface area contributed by atoms with E-state index in [1.54, 1.807) is 12.1 Å². The topological polar surface area (TPSA) is 101 Å². The van der Waals surface area contributed by atoms with E-state index in [0.29, 0.717) is 31.4 Å². The molecule has 0 aliphatic carbocycles. The number of hydrogen-bond donors (Lipinski definition) is 1. The highest BCUT2D eigenvalue weighted by Gasteiger charge is 2.44. The molecule has 142 valence electrons. The zero-order chi connectivity index (χ0) is 19.1. The third kappa shape index (κ3) is 4.75. The van der Waals surface area contributed by atoms with E-state index < -0.39 is 30.1 Å². The Morgan fingerprint density at radius 2 is 1.85 bits per heavy atom. The summed E-state index contributed by atoms with van der Waals surface area (Å²) in [5, 5.41) is 19.2. The molecule has 0 aromatic heterocycles. The van der Waals surface area contributed by atoms with Crippen LogP contribution in [0, 0.1) is 5.82 Å². The smallest absolute Gasteiger partial charge is 0.335 e. The van der Waals surface area contributed by atoms with Crippen LogP contribution in [0.3, 0.4) is 0 Å². The van der Waals surface area contributed by atoms with Gasteiger partial charge < -0.3 is 14.6 Å². The maximum Gasteiger partial charge on any atom is 0.335 e. The third-order valence-electron chi connectivity index (χ3n) is 4.17. The van der Waals surface area contributed by atoms with Gasteiger partial charge in [-0.25, -0.2) is 14.0 Å². The minimum atomic E-state index is -1.04. The van der Waals surface area contributed by atoms with Gasteiger partial charge in [-0.15, -0.1) is 0 Å². The van der Waals surface area contributed by atoms with E-state index in [0.717, 1.165) is 0 Å². The zero-order valence-electron chi connectivity index (χ0n) is 14.7. The second kappa shape index (κ2) is 9.23. The molecule has 8 nitrogen and oxygen atoms in total. The van der Waals surface area contributed by atoms with Crippen LogP contribution >= 0.6 is 0 Å². The lowest BCUT2D eigenvalue weighted by Gasteiger charge is -2.22. The van der Waals surface area contributed by atoms with E-state index in [9.17, 15) is 19.1 Å². The number of carbonyl (C=O) groups is 2. The second-order valence-corrected chi connectivity index (χ2v) is 5.87. The Morgan fingerprint density at radius 3 is 2.46 bits per heavy atom. The van der Waals surface area contributed by atoms with Crippen LogP contribution in [-0.2, 0) is 19.1 Å². The molecule has 0 bridgehead atoms. The van der Waals surface area contributed by atoms with Crippen LogP contribution in [0.5, 0.6) is 0 Å². The Bertz CT molecular complexity index is 652. The summed E-state index contributed by atoms with van der Waals surface area (Å²) in [6.45, 7) is 0.368. The summed E-state index contributed by atoms with van der Waals surface area (Å²) in [7, 11) is 2.44. The molecule has 1 N–H and O–H groups in total. The molecule has 2 rings (SSSR count). The number of esters is 2. The monoisotopic (exact) mass is 367 g/mol. The number of methoxy groups -OCH3 is 2. The number of hydrogen-bond acceptors (Lipinski definition) is 8. The lowest BCUT2D eigenvalue weighted by molar-refractivity contribution is -0.153. The van der Waals surface area contributed by atoms with Gasteiger partial charge in [-0.05, 0) is 37.0 Å². The zero-order valence-corrected chi connectivity index (χ0v) is 14.7. The van der Waals surface area contributed by atoms with Gasteiger partial charge in [-0.3, -0.25) is 5.01 Å². The van der Waals surface area contributed by atoms with Gasteiger partial charge in [-0.1, -0.05) is 17.4 Å². The van der Waals surface area contributed by atoms with Crippen molar-refractivity contribution < 1.29 is 28.6 Å². The van der Waals surface area contributed by atoms with Crippen LogP contribution in [-0.4, -0.2) is 54.9 Å². The average Bonchev–Trinajstić information content (AvgIpc) is 3.08. The van der Waals surface area contributed by atoms with Crippen molar-refractivity contribution in [1.29, 1.82) is 0 Å². The van der Waals surface area contributed by atoms with Gasteiger partial charge in [-0.2, -0.15) is 5.11 Å². The molecule has 1 aliphatic rings. The van der Waals surface area contributed by atoms with E-state index in [4.69, 9.17) is 4.74 Å². The van der Waals surface area contributed by atoms with Gasteiger partial charge in [0, 0.05) is 6.54 Å². The predicted molar refractivity (Wildman–Crippen MR) is 88.4 cm³/mol. The highest BCUT2D eigenvalue weighted by molar-refractivity contribution is 5.87. The van der Waals surface area contributed by atoms with Crippen molar-refractivity contribution in [1.82, 2.24) is 5.01 Å². The number of aliphatic hydroxyl groups excluding tert-OH is 1. The highest BCUT2D eigenvalue weighted by atomic mass is 19.1. The first-order valence-electron chi connectivity index (χ1n) is 8.24. The van der Waals surface area contributed by atoms with Crippen LogP contribution in [0.1, 0.15) is 30.9 Å². The summed E-state index contributed by atoms with van der Waals surface area (Å²) in [5.74, 6) is -1.62. The van der Waals surface area contributed by atoms with Gasteiger partial charge in [0.25, 0.3) is 0 Å². The van der Waals surface area contributed by atoms with Crippen molar-refractivity contribution >= 4 is 11.9 Å². The average molecular weight is 367 g/mol. The van der Waals surface area contributed by atoms with Crippen molar-refractivity contribution in [2.24, 2.45) is 10.3 Å². The summed E-state index contributed by atoms with van der Waals surface area (Å²) < 4.78 is 22.3. The molecule has 9 heteroatoms. The molecule has 0 spiro atoms. The maximum atomic E-state index is 12.9. The Hall–Kier alpha value is -2.55. The number of carbonyl (C=O) groups excluding carboxylic acids is 2. The van der Waals surface area contributed by atoms with Gasteiger partial charge >= 0.3 is 11.9 Å². The van der Waals surface area contributed by atoms with Crippen LogP contribution in [0.2, 0.25) is 0 Å². The number of halogens is 1. The Balaban J connectivity index is 1.84. The summed E-state index contributed by atoms with van der Waals surface area (Å²) in [6.07, 6.45) is 1.02. The van der Waals surface area contributed by atoms with Crippen LogP contribution in [0.25, 0.3) is 0 Å². The molecule has 1 heterocycles. The molecular weight excluding hydrogens is 345 g/mol. The van der Waals surface area contributed by atoms with Crippen molar-refractivity contribution in [2.75, 3.05) is 20.8 Å². The van der Waals surface area contributed by atoms with E-state index in [2.05, 4.69) is 15.1 Å². The standard InChI is InChI=1S/C17H22FN3O5/c1-25-16(23)14-15(17(24)26-2)21(20-19-14)10-4-3-5-13(22)11-6-8-12(18)9-7-11/h6-9,13-15,22H,3-5,10H2,1-2H3. The first kappa shape index (κ1) is 19.8. The summed E-state index contributed by atoms with van der Waals surface area (Å²) in [4.78, 5) is 23.7. The van der Waals surface area contributed by atoms with Gasteiger partial charge in [0.05, 0.1) is 20.3 Å². The molecule has 1 aromatic carbocycles. The highest BCUT2D eigenvalue weighted by Crippen LogP contribution is 2.23. The number of nitrogens with zero attached hydrogens (tertiary/aromatic N) is 3.